The number of esters is 1. The van der Waals surface area contributed by atoms with Crippen molar-refractivity contribution in [3.63, 3.8) is 0 Å². The Morgan fingerprint density at radius 1 is 1.57 bits per heavy atom. The molecule has 0 saturated heterocycles. The van der Waals surface area contributed by atoms with Crippen molar-refractivity contribution in [3.05, 3.63) is 35.1 Å². The summed E-state index contributed by atoms with van der Waals surface area (Å²) in [6.45, 7) is 0.588. The van der Waals surface area contributed by atoms with Crippen LogP contribution in [0.25, 0.3) is 0 Å². The van der Waals surface area contributed by atoms with E-state index in [0.717, 1.165) is 5.56 Å². The average molecular weight is 197 g/mol. The maximum absolute atomic E-state index is 13.1. The first-order valence-electron chi connectivity index (χ1n) is 4.20. The van der Waals surface area contributed by atoms with Gasteiger partial charge in [-0.25, -0.2) is 9.18 Å². The zero-order chi connectivity index (χ0) is 10.6. The Labute approximate surface area is 81.9 Å². The van der Waals surface area contributed by atoms with Gasteiger partial charge in [-0.15, -0.1) is 0 Å². The van der Waals surface area contributed by atoms with Crippen molar-refractivity contribution in [2.24, 2.45) is 0 Å². The summed E-state index contributed by atoms with van der Waals surface area (Å²) < 4.78 is 17.6. The number of benzene rings is 1. The lowest BCUT2D eigenvalue weighted by molar-refractivity contribution is 0.0595. The third-order valence-electron chi connectivity index (χ3n) is 1.82. The second-order valence-corrected chi connectivity index (χ2v) is 2.84. The molecule has 0 bridgehead atoms. The highest BCUT2D eigenvalue weighted by Crippen LogP contribution is 2.11. The van der Waals surface area contributed by atoms with Crippen molar-refractivity contribution < 1.29 is 13.9 Å². The van der Waals surface area contributed by atoms with Crippen molar-refractivity contribution in [1.29, 1.82) is 0 Å². The number of carbonyl (C=O) groups excluding carboxylic acids is 1. The maximum atomic E-state index is 13.1. The lowest BCUT2D eigenvalue weighted by Crippen LogP contribution is -2.09. The number of nitrogens with one attached hydrogen (secondary N) is 1. The number of halogens is 1. The summed E-state index contributed by atoms with van der Waals surface area (Å²) in [7, 11) is 3.01. The summed E-state index contributed by atoms with van der Waals surface area (Å²) >= 11 is 0. The standard InChI is InChI=1S/C10H12FNO2/c1-12-6-7-3-4-9(11)8(5-7)10(13)14-2/h3-5,12H,6H2,1-2H3. The van der Waals surface area contributed by atoms with E-state index in [9.17, 15) is 9.18 Å². The molecule has 14 heavy (non-hydrogen) atoms. The van der Waals surface area contributed by atoms with E-state index in [1.54, 1.807) is 13.1 Å². The zero-order valence-corrected chi connectivity index (χ0v) is 8.13. The van der Waals surface area contributed by atoms with Crippen LogP contribution in [0, 0.1) is 5.82 Å². The molecule has 76 valence electrons. The summed E-state index contributed by atoms with van der Waals surface area (Å²) in [6.07, 6.45) is 0. The van der Waals surface area contributed by atoms with Crippen molar-refractivity contribution in [2.75, 3.05) is 14.2 Å². The first kappa shape index (κ1) is 10.7. The fraction of sp³-hybridized carbons (Fsp3) is 0.300. The topological polar surface area (TPSA) is 38.3 Å². The van der Waals surface area contributed by atoms with Gasteiger partial charge in [-0.3, -0.25) is 0 Å². The summed E-state index contributed by atoms with van der Waals surface area (Å²) in [5.74, 6) is -1.21. The molecule has 0 amide bonds. The Balaban J connectivity index is 3.01. The number of hydrogen-bond donors (Lipinski definition) is 1. The van der Waals surface area contributed by atoms with Gasteiger partial charge in [0.05, 0.1) is 12.7 Å². The van der Waals surface area contributed by atoms with Crippen molar-refractivity contribution in [3.8, 4) is 0 Å². The van der Waals surface area contributed by atoms with Gasteiger partial charge in [0.2, 0.25) is 0 Å². The molecule has 0 fully saturated rings. The Bertz CT molecular complexity index is 339. The van der Waals surface area contributed by atoms with Crippen LogP contribution in [-0.2, 0) is 11.3 Å². The molecular weight excluding hydrogens is 185 g/mol. The first-order valence-corrected chi connectivity index (χ1v) is 4.20. The molecule has 0 aliphatic rings. The molecule has 1 rings (SSSR count). The number of methoxy groups -OCH3 is 1. The predicted molar refractivity (Wildman–Crippen MR) is 50.5 cm³/mol. The number of rotatable bonds is 3. The number of carbonyl (C=O) groups is 1. The van der Waals surface area contributed by atoms with E-state index in [-0.39, 0.29) is 5.56 Å². The molecule has 3 nitrogen and oxygen atoms in total. The third kappa shape index (κ3) is 2.29. The average Bonchev–Trinajstić information content (AvgIpc) is 2.20. The van der Waals surface area contributed by atoms with E-state index in [1.807, 2.05) is 0 Å². The Kier molecular flexibility index (Phi) is 3.59. The van der Waals surface area contributed by atoms with E-state index in [1.165, 1.54) is 19.2 Å². The minimum Gasteiger partial charge on any atom is -0.465 e. The van der Waals surface area contributed by atoms with E-state index in [0.29, 0.717) is 6.54 Å². The van der Waals surface area contributed by atoms with Crippen molar-refractivity contribution in [1.82, 2.24) is 5.32 Å². The van der Waals surface area contributed by atoms with Crippen LogP contribution in [0.1, 0.15) is 15.9 Å². The smallest absolute Gasteiger partial charge is 0.340 e. The molecule has 0 heterocycles. The largest absolute Gasteiger partial charge is 0.465 e. The highest BCUT2D eigenvalue weighted by molar-refractivity contribution is 5.89. The molecule has 4 heteroatoms. The Morgan fingerprint density at radius 2 is 2.29 bits per heavy atom. The van der Waals surface area contributed by atoms with E-state index in [4.69, 9.17) is 0 Å². The molecule has 1 aromatic rings. The molecule has 0 aliphatic heterocycles. The van der Waals surface area contributed by atoms with Crippen molar-refractivity contribution in [2.45, 2.75) is 6.54 Å². The highest BCUT2D eigenvalue weighted by atomic mass is 19.1. The van der Waals surface area contributed by atoms with Gasteiger partial charge in [-0.2, -0.15) is 0 Å². The Hall–Kier alpha value is -1.42. The normalized spacial score (nSPS) is 9.93. The number of hydrogen-bond acceptors (Lipinski definition) is 3. The fourth-order valence-corrected chi connectivity index (χ4v) is 1.15. The van der Waals surface area contributed by atoms with Crippen LogP contribution >= 0.6 is 0 Å². The van der Waals surface area contributed by atoms with Crippen LogP contribution in [-0.4, -0.2) is 20.1 Å². The monoisotopic (exact) mass is 197 g/mol. The van der Waals surface area contributed by atoms with Crippen molar-refractivity contribution >= 4 is 5.97 Å². The van der Waals surface area contributed by atoms with Crippen LogP contribution in [0.15, 0.2) is 18.2 Å². The van der Waals surface area contributed by atoms with Crippen LogP contribution in [0.3, 0.4) is 0 Å². The second kappa shape index (κ2) is 4.72. The van der Waals surface area contributed by atoms with Crippen LogP contribution in [0.2, 0.25) is 0 Å². The molecule has 1 aromatic carbocycles. The van der Waals surface area contributed by atoms with E-state index < -0.39 is 11.8 Å². The SMILES string of the molecule is CNCc1ccc(F)c(C(=O)OC)c1. The maximum Gasteiger partial charge on any atom is 0.340 e. The molecule has 0 spiro atoms. The molecule has 0 aromatic heterocycles. The van der Waals surface area contributed by atoms with Crippen LogP contribution in [0.5, 0.6) is 0 Å². The second-order valence-electron chi connectivity index (χ2n) is 2.84. The highest BCUT2D eigenvalue weighted by Gasteiger charge is 2.11. The fourth-order valence-electron chi connectivity index (χ4n) is 1.15. The Morgan fingerprint density at radius 3 is 2.86 bits per heavy atom. The van der Waals surface area contributed by atoms with Gasteiger partial charge < -0.3 is 10.1 Å². The van der Waals surface area contributed by atoms with Crippen LogP contribution < -0.4 is 5.32 Å². The molecule has 1 N–H and O–H groups in total. The summed E-state index contributed by atoms with van der Waals surface area (Å²) in [4.78, 5) is 11.1. The summed E-state index contributed by atoms with van der Waals surface area (Å²) in [5, 5.41) is 2.91. The molecule has 0 atom stereocenters. The van der Waals surface area contributed by atoms with Gasteiger partial charge in [-0.1, -0.05) is 6.07 Å². The third-order valence-corrected chi connectivity index (χ3v) is 1.82. The van der Waals surface area contributed by atoms with Gasteiger partial charge in [0, 0.05) is 6.54 Å². The van der Waals surface area contributed by atoms with Gasteiger partial charge >= 0.3 is 5.97 Å². The van der Waals surface area contributed by atoms with E-state index >= 15 is 0 Å². The summed E-state index contributed by atoms with van der Waals surface area (Å²) in [6, 6.07) is 4.37. The van der Waals surface area contributed by atoms with Gasteiger partial charge in [0.15, 0.2) is 0 Å². The van der Waals surface area contributed by atoms with Crippen LogP contribution in [0.4, 0.5) is 4.39 Å². The van der Waals surface area contributed by atoms with E-state index in [2.05, 4.69) is 10.1 Å². The minimum atomic E-state index is -0.652. The summed E-state index contributed by atoms with van der Waals surface area (Å²) in [5.41, 5.74) is 0.814. The van der Waals surface area contributed by atoms with Gasteiger partial charge in [0.1, 0.15) is 5.82 Å². The van der Waals surface area contributed by atoms with Gasteiger partial charge in [-0.05, 0) is 24.7 Å². The molecular formula is C10H12FNO2. The minimum absolute atomic E-state index is 0.0275. The lowest BCUT2D eigenvalue weighted by atomic mass is 10.1. The number of ether oxygens (including phenoxy) is 1. The zero-order valence-electron chi connectivity index (χ0n) is 8.13. The molecule has 0 aliphatic carbocycles. The predicted octanol–water partition coefficient (Wildman–Crippen LogP) is 1.33. The first-order chi connectivity index (χ1) is 6.69. The molecule has 0 unspecified atom stereocenters. The lowest BCUT2D eigenvalue weighted by Gasteiger charge is -2.04. The molecule has 0 saturated carbocycles. The molecule has 0 radical (unpaired) electrons. The van der Waals surface area contributed by atoms with Gasteiger partial charge in [0.25, 0.3) is 0 Å². The quantitative estimate of drug-likeness (QED) is 0.743.